The molecule has 0 spiro atoms. The van der Waals surface area contributed by atoms with Crippen molar-refractivity contribution in [1.29, 1.82) is 5.26 Å². The van der Waals surface area contributed by atoms with Gasteiger partial charge in [0.2, 0.25) is 0 Å². The third-order valence-electron chi connectivity index (χ3n) is 2.92. The van der Waals surface area contributed by atoms with E-state index in [1.807, 2.05) is 24.3 Å². The van der Waals surface area contributed by atoms with Crippen LogP contribution in [0.2, 0.25) is 10.0 Å². The molecule has 0 saturated carbocycles. The summed E-state index contributed by atoms with van der Waals surface area (Å²) in [6.45, 7) is 0.475. The third-order valence-corrected chi connectivity index (χ3v) is 3.42. The van der Waals surface area contributed by atoms with Crippen molar-refractivity contribution in [2.75, 3.05) is 6.61 Å². The molecule has 102 valence electrons. The van der Waals surface area contributed by atoms with E-state index in [-0.39, 0.29) is 5.92 Å². The first-order valence-electron chi connectivity index (χ1n) is 6.22. The minimum atomic E-state index is -0.195. The monoisotopic (exact) mass is 305 g/mol. The highest BCUT2D eigenvalue weighted by molar-refractivity contribution is 6.30. The van der Waals surface area contributed by atoms with Gasteiger partial charge in [0.15, 0.2) is 0 Å². The Morgan fingerprint density at radius 1 is 0.950 bits per heavy atom. The van der Waals surface area contributed by atoms with E-state index >= 15 is 0 Å². The van der Waals surface area contributed by atoms with Crippen LogP contribution in [0, 0.1) is 11.3 Å². The number of hydrogen-bond acceptors (Lipinski definition) is 2. The number of halogens is 2. The largest absolute Gasteiger partial charge is 0.494 e. The quantitative estimate of drug-likeness (QED) is 0.772. The van der Waals surface area contributed by atoms with Crippen LogP contribution < -0.4 is 4.74 Å². The second-order valence-electron chi connectivity index (χ2n) is 4.32. The molecule has 2 aromatic rings. The van der Waals surface area contributed by atoms with Crippen LogP contribution in [0.25, 0.3) is 0 Å². The van der Waals surface area contributed by atoms with Gasteiger partial charge in [0.05, 0.1) is 18.6 Å². The van der Waals surface area contributed by atoms with Crippen LogP contribution in [-0.4, -0.2) is 6.61 Å². The highest BCUT2D eigenvalue weighted by atomic mass is 35.5. The van der Waals surface area contributed by atoms with Crippen LogP contribution in [-0.2, 0) is 0 Å². The molecule has 0 bridgehead atoms. The van der Waals surface area contributed by atoms with Gasteiger partial charge in [-0.15, -0.1) is 0 Å². The molecule has 0 amide bonds. The molecule has 2 aromatic carbocycles. The number of ether oxygens (including phenoxy) is 1. The van der Waals surface area contributed by atoms with Gasteiger partial charge < -0.3 is 4.74 Å². The van der Waals surface area contributed by atoms with Crippen molar-refractivity contribution in [3.63, 3.8) is 0 Å². The maximum atomic E-state index is 9.23. The van der Waals surface area contributed by atoms with Crippen molar-refractivity contribution in [1.82, 2.24) is 0 Å². The van der Waals surface area contributed by atoms with Crippen molar-refractivity contribution in [3.8, 4) is 11.8 Å². The van der Waals surface area contributed by atoms with Gasteiger partial charge in [-0.3, -0.25) is 0 Å². The van der Waals surface area contributed by atoms with E-state index in [9.17, 15) is 5.26 Å². The Balaban J connectivity index is 1.90. The molecule has 0 aliphatic carbocycles. The zero-order valence-electron chi connectivity index (χ0n) is 10.7. The van der Waals surface area contributed by atoms with Gasteiger partial charge in [0.25, 0.3) is 0 Å². The summed E-state index contributed by atoms with van der Waals surface area (Å²) in [5, 5.41) is 10.6. The fraction of sp³-hybridized carbons (Fsp3) is 0.188. The number of hydrogen-bond donors (Lipinski definition) is 0. The topological polar surface area (TPSA) is 33.0 Å². The first-order valence-corrected chi connectivity index (χ1v) is 6.98. The summed E-state index contributed by atoms with van der Waals surface area (Å²) in [5.74, 6) is 0.557. The van der Waals surface area contributed by atoms with Crippen LogP contribution in [0.4, 0.5) is 0 Å². The van der Waals surface area contributed by atoms with E-state index < -0.39 is 0 Å². The average molecular weight is 306 g/mol. The molecule has 0 N–H and O–H groups in total. The van der Waals surface area contributed by atoms with Crippen LogP contribution >= 0.6 is 23.2 Å². The molecule has 0 fully saturated rings. The molecule has 0 heterocycles. The van der Waals surface area contributed by atoms with Gasteiger partial charge in [-0.2, -0.15) is 5.26 Å². The Kier molecular flexibility index (Phi) is 5.29. The lowest BCUT2D eigenvalue weighted by molar-refractivity contribution is 0.306. The van der Waals surface area contributed by atoms with Crippen LogP contribution in [0.1, 0.15) is 17.9 Å². The van der Waals surface area contributed by atoms with E-state index in [4.69, 9.17) is 27.9 Å². The molecule has 20 heavy (non-hydrogen) atoms. The van der Waals surface area contributed by atoms with Gasteiger partial charge in [-0.05, 0) is 42.0 Å². The Hall–Kier alpha value is -1.69. The van der Waals surface area contributed by atoms with Gasteiger partial charge in [-0.25, -0.2) is 0 Å². The molecule has 0 radical (unpaired) electrons. The molecule has 1 unspecified atom stereocenters. The zero-order valence-corrected chi connectivity index (χ0v) is 12.2. The van der Waals surface area contributed by atoms with Gasteiger partial charge in [0.1, 0.15) is 5.75 Å². The van der Waals surface area contributed by atoms with E-state index in [1.54, 1.807) is 24.3 Å². The lowest BCUT2D eigenvalue weighted by Gasteiger charge is -2.11. The smallest absolute Gasteiger partial charge is 0.119 e. The van der Waals surface area contributed by atoms with E-state index in [1.165, 1.54) is 0 Å². The number of nitriles is 1. The highest BCUT2D eigenvalue weighted by Crippen LogP contribution is 2.22. The van der Waals surface area contributed by atoms with Gasteiger partial charge in [0, 0.05) is 16.5 Å². The summed E-state index contributed by atoms with van der Waals surface area (Å²) in [5.41, 5.74) is 0.955. The standard InChI is InChI=1S/C16H13Cl2NO/c17-14-3-1-12(2-4-14)13(11-19)9-10-20-16-7-5-15(18)6-8-16/h1-8,13H,9-10H2. The zero-order chi connectivity index (χ0) is 14.4. The van der Waals surface area contributed by atoms with Crippen molar-refractivity contribution in [2.45, 2.75) is 12.3 Å². The molecular weight excluding hydrogens is 293 g/mol. The second kappa shape index (κ2) is 7.19. The molecule has 0 aromatic heterocycles. The molecule has 0 aliphatic heterocycles. The Morgan fingerprint density at radius 2 is 1.50 bits per heavy atom. The lowest BCUT2D eigenvalue weighted by atomic mass is 9.98. The fourth-order valence-corrected chi connectivity index (χ4v) is 2.08. The van der Waals surface area contributed by atoms with Gasteiger partial charge >= 0.3 is 0 Å². The maximum Gasteiger partial charge on any atom is 0.119 e. The molecule has 2 nitrogen and oxygen atoms in total. The molecule has 1 atom stereocenters. The molecule has 2 rings (SSSR count). The maximum absolute atomic E-state index is 9.23. The Labute approximate surface area is 128 Å². The predicted molar refractivity (Wildman–Crippen MR) is 81.4 cm³/mol. The van der Waals surface area contributed by atoms with E-state index in [0.717, 1.165) is 11.3 Å². The summed E-state index contributed by atoms with van der Waals surface area (Å²) in [6.07, 6.45) is 0.626. The number of rotatable bonds is 5. The Bertz CT molecular complexity index is 587. The second-order valence-corrected chi connectivity index (χ2v) is 5.20. The first kappa shape index (κ1) is 14.7. The lowest BCUT2D eigenvalue weighted by Crippen LogP contribution is -2.04. The molecule has 4 heteroatoms. The van der Waals surface area contributed by atoms with Crippen LogP contribution in [0.5, 0.6) is 5.75 Å². The minimum Gasteiger partial charge on any atom is -0.494 e. The van der Waals surface area contributed by atoms with Crippen molar-refractivity contribution >= 4 is 23.2 Å². The SMILES string of the molecule is N#CC(CCOc1ccc(Cl)cc1)c1ccc(Cl)cc1. The van der Waals surface area contributed by atoms with Crippen molar-refractivity contribution in [3.05, 3.63) is 64.1 Å². The summed E-state index contributed by atoms with van der Waals surface area (Å²) in [4.78, 5) is 0. The van der Waals surface area contributed by atoms with Crippen LogP contribution in [0.3, 0.4) is 0 Å². The van der Waals surface area contributed by atoms with Gasteiger partial charge in [-0.1, -0.05) is 35.3 Å². The van der Waals surface area contributed by atoms with Crippen LogP contribution in [0.15, 0.2) is 48.5 Å². The highest BCUT2D eigenvalue weighted by Gasteiger charge is 2.10. The summed E-state index contributed by atoms with van der Waals surface area (Å²) in [7, 11) is 0. The normalized spacial score (nSPS) is 11.7. The summed E-state index contributed by atoms with van der Waals surface area (Å²) >= 11 is 11.6. The van der Waals surface area contributed by atoms with Crippen molar-refractivity contribution < 1.29 is 4.74 Å². The first-order chi connectivity index (χ1) is 9.69. The molecule has 0 saturated heterocycles. The number of nitrogens with zero attached hydrogens (tertiary/aromatic N) is 1. The fourth-order valence-electron chi connectivity index (χ4n) is 1.83. The Morgan fingerprint density at radius 3 is 2.05 bits per heavy atom. The predicted octanol–water partition coefficient (Wildman–Crippen LogP) is 5.07. The number of benzene rings is 2. The van der Waals surface area contributed by atoms with E-state index in [0.29, 0.717) is 23.1 Å². The van der Waals surface area contributed by atoms with Crippen molar-refractivity contribution in [2.24, 2.45) is 0 Å². The third kappa shape index (κ3) is 4.16. The molecular formula is C16H13Cl2NO. The molecule has 0 aliphatic rings. The summed E-state index contributed by atoms with van der Waals surface area (Å²) < 4.78 is 5.60. The average Bonchev–Trinajstić information content (AvgIpc) is 2.47. The van der Waals surface area contributed by atoms with E-state index in [2.05, 4.69) is 6.07 Å². The summed E-state index contributed by atoms with van der Waals surface area (Å²) in [6, 6.07) is 16.8. The minimum absolute atomic E-state index is 0.195.